The van der Waals surface area contributed by atoms with Gasteiger partial charge in [0, 0.05) is 50.7 Å². The van der Waals surface area contributed by atoms with E-state index in [1.807, 2.05) is 6.07 Å². The molecule has 40 heavy (non-hydrogen) atoms. The Hall–Kier alpha value is -3.07. The summed E-state index contributed by atoms with van der Waals surface area (Å²) >= 11 is 6.23. The van der Waals surface area contributed by atoms with E-state index in [2.05, 4.69) is 15.2 Å². The van der Waals surface area contributed by atoms with Gasteiger partial charge in [0.15, 0.2) is 12.2 Å². The Kier molecular flexibility index (Phi) is 11.0. The van der Waals surface area contributed by atoms with Crippen LogP contribution in [0.1, 0.15) is 36.0 Å². The van der Waals surface area contributed by atoms with Gasteiger partial charge in [0.05, 0.1) is 27.4 Å². The zero-order chi connectivity index (χ0) is 29.4. The van der Waals surface area contributed by atoms with Crippen molar-refractivity contribution in [1.82, 2.24) is 15.2 Å². The number of amides is 1. The highest BCUT2D eigenvalue weighted by atomic mass is 35.5. The van der Waals surface area contributed by atoms with E-state index in [9.17, 15) is 19.5 Å². The van der Waals surface area contributed by atoms with Crippen LogP contribution in [0.4, 0.5) is 5.69 Å². The van der Waals surface area contributed by atoms with E-state index in [-0.39, 0.29) is 5.91 Å². The molecule has 1 aromatic heterocycles. The van der Waals surface area contributed by atoms with Crippen LogP contribution in [0.15, 0.2) is 24.4 Å². The lowest BCUT2D eigenvalue weighted by atomic mass is 9.91. The van der Waals surface area contributed by atoms with Crippen LogP contribution < -0.4 is 11.1 Å². The van der Waals surface area contributed by atoms with Gasteiger partial charge < -0.3 is 46.2 Å². The first-order valence-corrected chi connectivity index (χ1v) is 13.2. The van der Waals surface area contributed by atoms with Crippen LogP contribution >= 0.6 is 11.6 Å². The summed E-state index contributed by atoms with van der Waals surface area (Å²) in [6, 6.07) is 5.20. The SMILES string of the molecule is Nc1c(Cl)cc(C(=O)NCC2CCN(CC3(O)CCOCC3)CC2)c2ncccc12.O=C(O)C(O)C(O)C(=O)O. The predicted octanol–water partition coefficient (Wildman–Crippen LogP) is 0.331. The van der Waals surface area contributed by atoms with Crippen LogP contribution in [0.3, 0.4) is 0 Å². The second-order valence-corrected chi connectivity index (χ2v) is 10.5. The number of anilines is 1. The minimum atomic E-state index is -2.27. The lowest BCUT2D eigenvalue weighted by Crippen LogP contribution is -2.49. The normalized spacial score (nSPS) is 19.2. The Labute approximate surface area is 235 Å². The summed E-state index contributed by atoms with van der Waals surface area (Å²) in [5, 5.41) is 47.3. The van der Waals surface area contributed by atoms with Crippen molar-refractivity contribution in [2.24, 2.45) is 5.92 Å². The van der Waals surface area contributed by atoms with Gasteiger partial charge in [0.25, 0.3) is 5.91 Å². The van der Waals surface area contributed by atoms with Gasteiger partial charge in [-0.1, -0.05) is 11.6 Å². The van der Waals surface area contributed by atoms with Crippen LogP contribution in [0.5, 0.6) is 0 Å². The summed E-state index contributed by atoms with van der Waals surface area (Å²) in [5.74, 6) is -3.30. The number of carbonyl (C=O) groups excluding carboxylic acids is 1. The number of piperidine rings is 1. The molecular formula is C26H35ClN4O9. The molecule has 220 valence electrons. The number of pyridine rings is 1. The lowest BCUT2D eigenvalue weighted by molar-refractivity contribution is -0.165. The highest BCUT2D eigenvalue weighted by Crippen LogP contribution is 2.30. The molecule has 0 aliphatic carbocycles. The molecule has 3 heterocycles. The van der Waals surface area contributed by atoms with Crippen molar-refractivity contribution in [3.8, 4) is 0 Å². The van der Waals surface area contributed by atoms with Gasteiger partial charge >= 0.3 is 11.9 Å². The molecule has 1 amide bonds. The number of nitrogen functional groups attached to an aromatic ring is 1. The number of carboxylic acids is 2. The summed E-state index contributed by atoms with van der Waals surface area (Å²) in [6.45, 7) is 4.46. The summed E-state index contributed by atoms with van der Waals surface area (Å²) < 4.78 is 5.36. The average molecular weight is 583 g/mol. The molecule has 4 rings (SSSR count). The largest absolute Gasteiger partial charge is 0.479 e. The van der Waals surface area contributed by atoms with Gasteiger partial charge in [-0.05, 0) is 50.0 Å². The highest BCUT2D eigenvalue weighted by Gasteiger charge is 2.33. The maximum atomic E-state index is 12.8. The number of carbonyl (C=O) groups is 3. The number of nitrogens with one attached hydrogen (secondary N) is 1. The first-order valence-electron chi connectivity index (χ1n) is 12.9. The third-order valence-electron chi connectivity index (χ3n) is 7.13. The Bertz CT molecular complexity index is 1180. The molecule has 0 spiro atoms. The van der Waals surface area contributed by atoms with Gasteiger partial charge in [-0.15, -0.1) is 0 Å². The van der Waals surface area contributed by atoms with E-state index >= 15 is 0 Å². The van der Waals surface area contributed by atoms with E-state index in [4.69, 9.17) is 42.5 Å². The van der Waals surface area contributed by atoms with Crippen LogP contribution in [-0.4, -0.2) is 110 Å². The highest BCUT2D eigenvalue weighted by molar-refractivity contribution is 6.35. The Morgan fingerprint density at radius 1 is 1.15 bits per heavy atom. The molecule has 2 fully saturated rings. The van der Waals surface area contributed by atoms with Crippen molar-refractivity contribution in [3.63, 3.8) is 0 Å². The Balaban J connectivity index is 0.000000378. The lowest BCUT2D eigenvalue weighted by Gasteiger charge is -2.39. The fourth-order valence-electron chi connectivity index (χ4n) is 4.69. The summed E-state index contributed by atoms with van der Waals surface area (Å²) in [6.07, 6.45) is 0.511. The number of nitrogens with two attached hydrogens (primary N) is 1. The molecule has 2 aromatic rings. The quantitative estimate of drug-likeness (QED) is 0.210. The number of aliphatic hydroxyl groups is 3. The fourth-order valence-corrected chi connectivity index (χ4v) is 4.90. The summed E-state index contributed by atoms with van der Waals surface area (Å²) in [5.41, 5.74) is 6.87. The second kappa shape index (κ2) is 14.0. The first kappa shape index (κ1) is 31.5. The smallest absolute Gasteiger partial charge is 0.335 e. The monoisotopic (exact) mass is 582 g/mol. The minimum Gasteiger partial charge on any atom is -0.479 e. The van der Waals surface area contributed by atoms with Crippen molar-refractivity contribution in [1.29, 1.82) is 0 Å². The number of halogens is 1. The van der Waals surface area contributed by atoms with Gasteiger partial charge in [-0.2, -0.15) is 0 Å². The number of aliphatic hydroxyl groups excluding tert-OH is 2. The van der Waals surface area contributed by atoms with E-state index < -0.39 is 29.7 Å². The van der Waals surface area contributed by atoms with Crippen molar-refractivity contribution >= 4 is 46.0 Å². The molecule has 2 unspecified atom stereocenters. The number of rotatable bonds is 8. The Morgan fingerprint density at radius 3 is 2.33 bits per heavy atom. The maximum Gasteiger partial charge on any atom is 0.335 e. The van der Waals surface area contributed by atoms with Gasteiger partial charge in [0.2, 0.25) is 0 Å². The van der Waals surface area contributed by atoms with Crippen molar-refractivity contribution in [2.45, 2.75) is 43.5 Å². The molecule has 2 aliphatic heterocycles. The molecule has 0 radical (unpaired) electrons. The zero-order valence-electron chi connectivity index (χ0n) is 21.8. The summed E-state index contributed by atoms with van der Waals surface area (Å²) in [4.78, 5) is 39.0. The number of benzene rings is 1. The molecule has 2 saturated heterocycles. The average Bonchev–Trinajstić information content (AvgIpc) is 2.94. The number of hydrogen-bond donors (Lipinski definition) is 7. The number of nitrogens with zero attached hydrogens (tertiary/aromatic N) is 2. The minimum absolute atomic E-state index is 0.181. The van der Waals surface area contributed by atoms with E-state index in [1.54, 1.807) is 18.3 Å². The van der Waals surface area contributed by atoms with Crippen molar-refractivity contribution in [3.05, 3.63) is 35.0 Å². The molecule has 1 aromatic carbocycles. The van der Waals surface area contributed by atoms with Crippen molar-refractivity contribution < 1.29 is 44.7 Å². The van der Waals surface area contributed by atoms with E-state index in [0.29, 0.717) is 72.2 Å². The molecule has 13 nitrogen and oxygen atoms in total. The Morgan fingerprint density at radius 2 is 1.75 bits per heavy atom. The van der Waals surface area contributed by atoms with Crippen LogP contribution in [0.25, 0.3) is 10.9 Å². The topological polar surface area (TPSA) is 216 Å². The van der Waals surface area contributed by atoms with Crippen LogP contribution in [0.2, 0.25) is 5.02 Å². The van der Waals surface area contributed by atoms with Gasteiger partial charge in [-0.3, -0.25) is 9.78 Å². The fraction of sp³-hybridized carbons (Fsp3) is 0.538. The third-order valence-corrected chi connectivity index (χ3v) is 7.44. The van der Waals surface area contributed by atoms with E-state index in [0.717, 1.165) is 25.9 Å². The number of β-amino-alcohol motifs (C(OH)–C–C–N with tert-alkyl or cyclic N) is 1. The number of carboxylic acid groups (broad SMARTS) is 2. The number of likely N-dealkylation sites (tertiary alicyclic amines) is 1. The number of aliphatic carboxylic acids is 2. The third kappa shape index (κ3) is 8.22. The van der Waals surface area contributed by atoms with Gasteiger partial charge in [-0.25, -0.2) is 9.59 Å². The maximum absolute atomic E-state index is 12.8. The first-order chi connectivity index (χ1) is 18.9. The van der Waals surface area contributed by atoms with Crippen molar-refractivity contribution in [2.75, 3.05) is 45.1 Å². The van der Waals surface area contributed by atoms with Gasteiger partial charge in [0.1, 0.15) is 0 Å². The standard InChI is InChI=1S/C22H29ClN4O3.C4H6O6/c23-18-12-17(20-16(19(18)24)2-1-7-25-20)21(28)26-13-15-3-8-27(9-4-15)14-22(29)5-10-30-11-6-22;5-1(3(7)8)2(6)4(9)10/h1-2,7,12,15,29H,3-6,8-11,13-14,24H2,(H,26,28);1-2,5-6H,(H,7,8)(H,9,10). The molecule has 14 heteroatoms. The molecule has 2 aliphatic rings. The zero-order valence-corrected chi connectivity index (χ0v) is 22.6. The van der Waals surface area contributed by atoms with E-state index in [1.165, 1.54) is 0 Å². The molecule has 0 saturated carbocycles. The number of ether oxygens (including phenoxy) is 1. The summed E-state index contributed by atoms with van der Waals surface area (Å²) in [7, 11) is 0. The number of aromatic nitrogens is 1. The van der Waals surface area contributed by atoms with Crippen LogP contribution in [0, 0.1) is 5.92 Å². The number of fused-ring (bicyclic) bond motifs is 1. The number of hydrogen-bond acceptors (Lipinski definition) is 10. The molecular weight excluding hydrogens is 548 g/mol. The predicted molar refractivity (Wildman–Crippen MR) is 145 cm³/mol. The molecule has 8 N–H and O–H groups in total. The van der Waals surface area contributed by atoms with Crippen LogP contribution in [-0.2, 0) is 14.3 Å². The molecule has 2 atom stereocenters. The molecule has 0 bridgehead atoms. The second-order valence-electron chi connectivity index (χ2n) is 10.1.